The summed E-state index contributed by atoms with van der Waals surface area (Å²) in [5.74, 6) is 4.88. The molecule has 0 unspecified atom stereocenters. The zero-order chi connectivity index (χ0) is 8.81. The van der Waals surface area contributed by atoms with E-state index in [9.17, 15) is 0 Å². The van der Waals surface area contributed by atoms with E-state index in [0.29, 0.717) is 19.3 Å². The molecule has 12 heavy (non-hydrogen) atoms. The molecule has 0 bridgehead atoms. The van der Waals surface area contributed by atoms with Crippen molar-refractivity contribution in [2.24, 2.45) is 5.90 Å². The molecular formula is C8H18N2O2. The van der Waals surface area contributed by atoms with Crippen LogP contribution in [0, 0.1) is 0 Å². The molecule has 1 saturated heterocycles. The third-order valence-electron chi connectivity index (χ3n) is 2.22. The topological polar surface area (TPSA) is 47.7 Å². The van der Waals surface area contributed by atoms with E-state index in [4.69, 9.17) is 10.6 Å². The van der Waals surface area contributed by atoms with Crippen molar-refractivity contribution in [3.63, 3.8) is 0 Å². The molecule has 4 nitrogen and oxygen atoms in total. The standard InChI is InChI=1S/C8H18N2O2/c1-10-4-2-8(3-5-10)11-6-7-12-9/h8H,2-7,9H2,1H3. The third-order valence-corrected chi connectivity index (χ3v) is 2.22. The maximum absolute atomic E-state index is 5.54. The first-order valence-electron chi connectivity index (χ1n) is 4.44. The van der Waals surface area contributed by atoms with Crippen LogP contribution in [-0.2, 0) is 9.57 Å². The van der Waals surface area contributed by atoms with Gasteiger partial charge in [-0.05, 0) is 19.9 Å². The van der Waals surface area contributed by atoms with Gasteiger partial charge in [-0.2, -0.15) is 0 Å². The minimum absolute atomic E-state index is 0.413. The molecule has 1 aliphatic rings. The number of nitrogens with zero attached hydrogens (tertiary/aromatic N) is 1. The number of hydrogen-bond acceptors (Lipinski definition) is 4. The van der Waals surface area contributed by atoms with Crippen LogP contribution >= 0.6 is 0 Å². The van der Waals surface area contributed by atoms with Crippen LogP contribution < -0.4 is 5.90 Å². The van der Waals surface area contributed by atoms with Gasteiger partial charge >= 0.3 is 0 Å². The van der Waals surface area contributed by atoms with Gasteiger partial charge in [-0.15, -0.1) is 0 Å². The summed E-state index contributed by atoms with van der Waals surface area (Å²) in [5.41, 5.74) is 0. The van der Waals surface area contributed by atoms with Gasteiger partial charge < -0.3 is 14.5 Å². The molecule has 4 heteroatoms. The lowest BCUT2D eigenvalue weighted by Crippen LogP contribution is -2.34. The van der Waals surface area contributed by atoms with Crippen LogP contribution in [0.15, 0.2) is 0 Å². The number of nitrogens with two attached hydrogens (primary N) is 1. The molecule has 2 N–H and O–H groups in total. The summed E-state index contributed by atoms with van der Waals surface area (Å²) in [6.45, 7) is 3.37. The Kier molecular flexibility index (Phi) is 4.53. The van der Waals surface area contributed by atoms with Crippen molar-refractivity contribution in [3.8, 4) is 0 Å². The highest BCUT2D eigenvalue weighted by Crippen LogP contribution is 2.11. The molecule has 0 aromatic carbocycles. The van der Waals surface area contributed by atoms with Gasteiger partial charge in [0.1, 0.15) is 0 Å². The molecule has 72 valence electrons. The Morgan fingerprint density at radius 1 is 1.33 bits per heavy atom. The third kappa shape index (κ3) is 3.49. The minimum atomic E-state index is 0.413. The normalized spacial score (nSPS) is 21.5. The van der Waals surface area contributed by atoms with E-state index < -0.39 is 0 Å². The van der Waals surface area contributed by atoms with E-state index in [1.54, 1.807) is 0 Å². The van der Waals surface area contributed by atoms with E-state index in [2.05, 4.69) is 16.8 Å². The molecule has 0 aliphatic carbocycles. The van der Waals surface area contributed by atoms with Crippen molar-refractivity contribution in [1.82, 2.24) is 4.90 Å². The summed E-state index contributed by atoms with van der Waals surface area (Å²) in [7, 11) is 2.14. The second-order valence-electron chi connectivity index (χ2n) is 3.24. The molecule has 0 aromatic heterocycles. The Labute approximate surface area is 73.6 Å². The van der Waals surface area contributed by atoms with Crippen LogP contribution in [0.1, 0.15) is 12.8 Å². The molecule has 0 atom stereocenters. The molecular weight excluding hydrogens is 156 g/mol. The SMILES string of the molecule is CN1CCC(OCCON)CC1. The Balaban J connectivity index is 2.01. The maximum atomic E-state index is 5.54. The first kappa shape index (κ1) is 9.92. The van der Waals surface area contributed by atoms with Gasteiger partial charge in [0.25, 0.3) is 0 Å². The second kappa shape index (κ2) is 5.48. The Morgan fingerprint density at radius 3 is 2.58 bits per heavy atom. The first-order chi connectivity index (χ1) is 5.83. The number of rotatable bonds is 4. The molecule has 1 fully saturated rings. The lowest BCUT2D eigenvalue weighted by Gasteiger charge is -2.28. The van der Waals surface area contributed by atoms with Crippen LogP contribution in [0.2, 0.25) is 0 Å². The van der Waals surface area contributed by atoms with Gasteiger partial charge in [-0.3, -0.25) is 0 Å². The minimum Gasteiger partial charge on any atom is -0.376 e. The van der Waals surface area contributed by atoms with Crippen molar-refractivity contribution >= 4 is 0 Å². The lowest BCUT2D eigenvalue weighted by molar-refractivity contribution is -0.0198. The Morgan fingerprint density at radius 2 is 2.00 bits per heavy atom. The average Bonchev–Trinajstić information content (AvgIpc) is 2.09. The smallest absolute Gasteiger partial charge is 0.0913 e. The fourth-order valence-electron chi connectivity index (χ4n) is 1.41. The Hall–Kier alpha value is -0.160. The number of piperidine rings is 1. The predicted octanol–water partition coefficient (Wildman–Crippen LogP) is -0.0125. The second-order valence-corrected chi connectivity index (χ2v) is 3.24. The highest BCUT2D eigenvalue weighted by atomic mass is 16.6. The van der Waals surface area contributed by atoms with Gasteiger partial charge in [0.15, 0.2) is 0 Å². The fourth-order valence-corrected chi connectivity index (χ4v) is 1.41. The monoisotopic (exact) mass is 174 g/mol. The Bertz CT molecular complexity index is 114. The summed E-state index contributed by atoms with van der Waals surface area (Å²) in [6.07, 6.45) is 2.67. The van der Waals surface area contributed by atoms with E-state index in [1.807, 2.05) is 0 Å². The average molecular weight is 174 g/mol. The van der Waals surface area contributed by atoms with Gasteiger partial charge in [0.05, 0.1) is 19.3 Å². The molecule has 0 radical (unpaired) electrons. The van der Waals surface area contributed by atoms with E-state index in [1.165, 1.54) is 0 Å². The molecule has 1 heterocycles. The van der Waals surface area contributed by atoms with E-state index in [-0.39, 0.29) is 0 Å². The first-order valence-corrected chi connectivity index (χ1v) is 4.44. The highest BCUT2D eigenvalue weighted by Gasteiger charge is 2.16. The van der Waals surface area contributed by atoms with Crippen molar-refractivity contribution in [2.45, 2.75) is 18.9 Å². The molecule has 1 rings (SSSR count). The van der Waals surface area contributed by atoms with Crippen molar-refractivity contribution in [1.29, 1.82) is 0 Å². The van der Waals surface area contributed by atoms with Crippen LogP contribution in [0.5, 0.6) is 0 Å². The number of hydrogen-bond donors (Lipinski definition) is 1. The van der Waals surface area contributed by atoms with Crippen LogP contribution in [0.3, 0.4) is 0 Å². The number of ether oxygens (including phenoxy) is 1. The van der Waals surface area contributed by atoms with Crippen molar-refractivity contribution in [3.05, 3.63) is 0 Å². The van der Waals surface area contributed by atoms with Crippen LogP contribution in [0.25, 0.3) is 0 Å². The fraction of sp³-hybridized carbons (Fsp3) is 1.00. The largest absolute Gasteiger partial charge is 0.376 e. The summed E-state index contributed by atoms with van der Waals surface area (Å²) in [4.78, 5) is 6.74. The maximum Gasteiger partial charge on any atom is 0.0913 e. The summed E-state index contributed by atoms with van der Waals surface area (Å²) in [5, 5.41) is 0. The zero-order valence-corrected chi connectivity index (χ0v) is 7.66. The van der Waals surface area contributed by atoms with E-state index in [0.717, 1.165) is 25.9 Å². The highest BCUT2D eigenvalue weighted by molar-refractivity contribution is 4.69. The lowest BCUT2D eigenvalue weighted by atomic mass is 10.1. The summed E-state index contributed by atoms with van der Waals surface area (Å²) < 4.78 is 5.54. The molecule has 0 amide bonds. The molecule has 0 spiro atoms. The van der Waals surface area contributed by atoms with Crippen LogP contribution in [0.4, 0.5) is 0 Å². The summed E-state index contributed by atoms with van der Waals surface area (Å²) in [6, 6.07) is 0. The zero-order valence-electron chi connectivity index (χ0n) is 7.66. The number of likely N-dealkylation sites (tertiary alicyclic amines) is 1. The van der Waals surface area contributed by atoms with Gasteiger partial charge in [0, 0.05) is 13.1 Å². The predicted molar refractivity (Wildman–Crippen MR) is 46.6 cm³/mol. The quantitative estimate of drug-likeness (QED) is 0.481. The molecule has 0 aromatic rings. The van der Waals surface area contributed by atoms with E-state index >= 15 is 0 Å². The van der Waals surface area contributed by atoms with Gasteiger partial charge in [-0.1, -0.05) is 0 Å². The summed E-state index contributed by atoms with van der Waals surface area (Å²) >= 11 is 0. The molecule has 0 saturated carbocycles. The van der Waals surface area contributed by atoms with Crippen molar-refractivity contribution < 1.29 is 9.57 Å². The van der Waals surface area contributed by atoms with Gasteiger partial charge in [-0.25, -0.2) is 5.90 Å². The van der Waals surface area contributed by atoms with Gasteiger partial charge in [0.2, 0.25) is 0 Å². The molecule has 1 aliphatic heterocycles. The van der Waals surface area contributed by atoms with Crippen molar-refractivity contribution in [2.75, 3.05) is 33.4 Å². The van der Waals surface area contributed by atoms with Crippen LogP contribution in [-0.4, -0.2) is 44.4 Å².